The van der Waals surface area contributed by atoms with E-state index in [1.165, 1.54) is 29.0 Å². The van der Waals surface area contributed by atoms with E-state index in [9.17, 15) is 14.0 Å². The molecule has 188 valence electrons. The van der Waals surface area contributed by atoms with Crippen molar-refractivity contribution in [3.8, 4) is 11.1 Å². The lowest BCUT2D eigenvalue weighted by molar-refractivity contribution is 0.262. The van der Waals surface area contributed by atoms with E-state index in [0.29, 0.717) is 28.0 Å². The van der Waals surface area contributed by atoms with Gasteiger partial charge in [-0.25, -0.2) is 14.2 Å². The largest absolute Gasteiger partial charge is 0.368 e. The van der Waals surface area contributed by atoms with Crippen LogP contribution in [0.3, 0.4) is 0 Å². The van der Waals surface area contributed by atoms with E-state index in [4.69, 9.17) is 5.73 Å². The Kier molecular flexibility index (Phi) is 6.25. The predicted molar refractivity (Wildman–Crippen MR) is 139 cm³/mol. The van der Waals surface area contributed by atoms with Crippen LogP contribution in [-0.2, 0) is 12.5 Å². The Morgan fingerprint density at radius 3 is 2.50 bits per heavy atom. The number of nitrogen functional groups attached to an aromatic ring is 1. The number of hydrogen-bond acceptors (Lipinski definition) is 6. The lowest BCUT2D eigenvalue weighted by atomic mass is 9.92. The summed E-state index contributed by atoms with van der Waals surface area (Å²) in [5.41, 5.74) is 7.10. The molecule has 0 saturated heterocycles. The first-order valence-electron chi connectivity index (χ1n) is 11.5. The van der Waals surface area contributed by atoms with Crippen molar-refractivity contribution in [1.29, 1.82) is 0 Å². The summed E-state index contributed by atoms with van der Waals surface area (Å²) < 4.78 is 17.7. The monoisotopic (exact) mass is 492 g/mol. The number of urea groups is 1. The number of fused-ring (bicyclic) bond motifs is 1. The van der Waals surface area contributed by atoms with Gasteiger partial charge in [-0.2, -0.15) is 10.1 Å². The van der Waals surface area contributed by atoms with Gasteiger partial charge in [-0.3, -0.25) is 19.4 Å². The molecular weight excluding hydrogens is 463 g/mol. The zero-order valence-electron chi connectivity index (χ0n) is 21.0. The summed E-state index contributed by atoms with van der Waals surface area (Å²) in [5, 5.41) is 10.2. The topological polar surface area (TPSA) is 133 Å². The van der Waals surface area contributed by atoms with Crippen molar-refractivity contribution >= 4 is 34.5 Å². The zero-order chi connectivity index (χ0) is 26.4. The molecule has 4 aromatic rings. The average Bonchev–Trinajstić information content (AvgIpc) is 3.15. The molecule has 0 fully saturated rings. The van der Waals surface area contributed by atoms with Gasteiger partial charge in [0.2, 0.25) is 5.95 Å². The van der Waals surface area contributed by atoms with Crippen LogP contribution in [0.5, 0.6) is 0 Å². The number of hydrogen-bond donors (Lipinski definition) is 3. The van der Waals surface area contributed by atoms with Crippen molar-refractivity contribution in [3.63, 3.8) is 0 Å². The van der Waals surface area contributed by atoms with Gasteiger partial charge >= 0.3 is 6.03 Å². The lowest BCUT2D eigenvalue weighted by Crippen LogP contribution is -2.25. The highest BCUT2D eigenvalue weighted by atomic mass is 19.1. The van der Waals surface area contributed by atoms with Crippen LogP contribution in [0.25, 0.3) is 22.2 Å². The van der Waals surface area contributed by atoms with Crippen molar-refractivity contribution in [3.05, 3.63) is 58.4 Å². The van der Waals surface area contributed by atoms with E-state index >= 15 is 0 Å². The lowest BCUT2D eigenvalue weighted by Gasteiger charge is -2.16. The first kappa shape index (κ1) is 24.8. The number of nitrogens with two attached hydrogens (primary N) is 1. The van der Waals surface area contributed by atoms with Crippen molar-refractivity contribution < 1.29 is 9.18 Å². The quantitative estimate of drug-likeness (QED) is 0.386. The maximum atomic E-state index is 14.7. The summed E-state index contributed by atoms with van der Waals surface area (Å²) in [6.07, 6.45) is 1.54. The van der Waals surface area contributed by atoms with Gasteiger partial charge in [0.25, 0.3) is 5.56 Å². The molecule has 0 spiro atoms. The Hall–Kier alpha value is -4.28. The molecule has 4 rings (SSSR count). The molecule has 11 heteroatoms. The highest BCUT2D eigenvalue weighted by Crippen LogP contribution is 2.27. The molecule has 10 nitrogen and oxygen atoms in total. The summed E-state index contributed by atoms with van der Waals surface area (Å²) in [4.78, 5) is 34.3. The molecule has 2 amide bonds. The van der Waals surface area contributed by atoms with Crippen LogP contribution in [0.15, 0.2) is 41.3 Å². The van der Waals surface area contributed by atoms with Crippen LogP contribution < -0.4 is 21.9 Å². The molecule has 0 atom stereocenters. The van der Waals surface area contributed by atoms with Crippen LogP contribution in [-0.4, -0.2) is 30.3 Å². The van der Waals surface area contributed by atoms with Crippen LogP contribution in [0.2, 0.25) is 0 Å². The van der Waals surface area contributed by atoms with E-state index in [2.05, 4.69) is 25.7 Å². The van der Waals surface area contributed by atoms with Crippen LogP contribution in [0, 0.1) is 5.82 Å². The molecule has 0 unspecified atom stereocenters. The molecular formula is C25H29FN8O2. The second-order valence-electron chi connectivity index (χ2n) is 9.90. The molecule has 0 aliphatic heterocycles. The van der Waals surface area contributed by atoms with Crippen molar-refractivity contribution in [1.82, 2.24) is 24.3 Å². The van der Waals surface area contributed by atoms with Crippen molar-refractivity contribution in [2.24, 2.45) is 7.05 Å². The Labute approximate surface area is 207 Å². The second kappa shape index (κ2) is 9.06. The fourth-order valence-corrected chi connectivity index (χ4v) is 3.83. The molecule has 3 heterocycles. The zero-order valence-corrected chi connectivity index (χ0v) is 21.0. The van der Waals surface area contributed by atoms with E-state index < -0.39 is 11.8 Å². The number of nitrogens with zero attached hydrogens (tertiary/aromatic N) is 5. The molecule has 0 radical (unpaired) electrons. The van der Waals surface area contributed by atoms with Crippen molar-refractivity contribution in [2.75, 3.05) is 16.4 Å². The fourth-order valence-electron chi connectivity index (χ4n) is 3.83. The number of rotatable bonds is 4. The summed E-state index contributed by atoms with van der Waals surface area (Å²) in [6.45, 7) is 9.76. The molecule has 3 aromatic heterocycles. The minimum absolute atomic E-state index is 0.0615. The molecule has 1 aromatic carbocycles. The van der Waals surface area contributed by atoms with Gasteiger partial charge in [-0.15, -0.1) is 0 Å². The van der Waals surface area contributed by atoms with Gasteiger partial charge in [-0.05, 0) is 37.6 Å². The number of aryl methyl sites for hydroxylation is 1. The fraction of sp³-hybridized carbons (Fsp3) is 0.320. The molecule has 4 N–H and O–H groups in total. The number of amides is 2. The Morgan fingerprint density at radius 1 is 1.14 bits per heavy atom. The van der Waals surface area contributed by atoms with E-state index in [-0.39, 0.29) is 28.7 Å². The highest BCUT2D eigenvalue weighted by molar-refractivity contribution is 5.99. The molecule has 0 aliphatic carbocycles. The maximum Gasteiger partial charge on any atom is 0.324 e. The number of carbonyl (C=O) groups is 1. The minimum Gasteiger partial charge on any atom is -0.368 e. The molecule has 0 aliphatic rings. The third kappa shape index (κ3) is 4.77. The van der Waals surface area contributed by atoms with Crippen LogP contribution in [0.1, 0.15) is 46.4 Å². The Morgan fingerprint density at radius 2 is 1.86 bits per heavy atom. The Bertz CT molecular complexity index is 1530. The van der Waals surface area contributed by atoms with Gasteiger partial charge < -0.3 is 11.1 Å². The smallest absolute Gasteiger partial charge is 0.324 e. The summed E-state index contributed by atoms with van der Waals surface area (Å²) in [6, 6.07) is 6.66. The van der Waals surface area contributed by atoms with E-state index in [1.807, 2.05) is 34.6 Å². The SMILES string of the molecule is CC(C)n1c(=O)c(-c2ccc(F)c(NC(=O)Nc3cc(C(C)(C)C)nn3C)c2)cc2cnc(N)nc21. The number of nitrogens with one attached hydrogen (secondary N) is 2. The number of pyridine rings is 1. The third-order valence-electron chi connectivity index (χ3n) is 5.72. The van der Waals surface area contributed by atoms with Gasteiger partial charge in [0.15, 0.2) is 0 Å². The molecule has 0 bridgehead atoms. The third-order valence-corrected chi connectivity index (χ3v) is 5.72. The summed E-state index contributed by atoms with van der Waals surface area (Å²) >= 11 is 0. The van der Waals surface area contributed by atoms with Crippen LogP contribution in [0.4, 0.5) is 26.6 Å². The standard InChI is InChI=1S/C25H29FN8O2/c1-13(2)34-21-15(12-28-23(27)31-21)9-16(22(34)35)14-7-8-17(26)18(10-14)29-24(36)30-20-11-19(25(3,4)5)32-33(20)6/h7-13H,1-6H3,(H2,27,28,31)(H2,29,30,36). The number of anilines is 3. The predicted octanol–water partition coefficient (Wildman–Crippen LogP) is 4.44. The number of benzene rings is 1. The normalized spacial score (nSPS) is 11.8. The first-order valence-corrected chi connectivity index (χ1v) is 11.5. The number of aromatic nitrogens is 5. The van der Waals surface area contributed by atoms with Gasteiger partial charge in [0.1, 0.15) is 17.3 Å². The molecule has 36 heavy (non-hydrogen) atoms. The second-order valence-corrected chi connectivity index (χ2v) is 9.90. The number of halogens is 1. The highest BCUT2D eigenvalue weighted by Gasteiger charge is 2.21. The van der Waals surface area contributed by atoms with Gasteiger partial charge in [0.05, 0.1) is 11.4 Å². The summed E-state index contributed by atoms with van der Waals surface area (Å²) in [7, 11) is 1.71. The summed E-state index contributed by atoms with van der Waals surface area (Å²) in [5.74, 6) is -0.121. The first-order chi connectivity index (χ1) is 16.8. The van der Waals surface area contributed by atoms with Gasteiger partial charge in [-0.1, -0.05) is 26.8 Å². The maximum absolute atomic E-state index is 14.7. The van der Waals surface area contributed by atoms with E-state index in [1.54, 1.807) is 23.9 Å². The average molecular weight is 493 g/mol. The Balaban J connectivity index is 1.69. The van der Waals surface area contributed by atoms with Crippen LogP contribution >= 0.6 is 0 Å². The van der Waals surface area contributed by atoms with Crippen molar-refractivity contribution in [2.45, 2.75) is 46.1 Å². The minimum atomic E-state index is -0.643. The van der Waals surface area contributed by atoms with Gasteiger partial charge in [0, 0.05) is 41.7 Å². The van der Waals surface area contributed by atoms with E-state index in [0.717, 1.165) is 5.69 Å². The number of carbonyl (C=O) groups excluding carboxylic acids is 1. The molecule has 0 saturated carbocycles.